The Kier molecular flexibility index (Phi) is 5.60. The van der Waals surface area contributed by atoms with Crippen molar-refractivity contribution in [3.05, 3.63) is 35.5 Å². The topological polar surface area (TPSA) is 36.9 Å². The van der Waals surface area contributed by atoms with Crippen LogP contribution in [-0.2, 0) is 18.9 Å². The lowest BCUT2D eigenvalue weighted by Crippen LogP contribution is -2.43. The zero-order valence-electron chi connectivity index (χ0n) is 15.2. The molecule has 1 aliphatic heterocycles. The number of allylic oxidation sites excluding steroid dienone is 3. The van der Waals surface area contributed by atoms with E-state index in [1.807, 2.05) is 13.8 Å². The SMILES string of the molecule is C=C1/C(=C\C=C2CCCCC2)C[C@@H](OCOC)[C@H]2OC(C)(C)O[C@H]12. The van der Waals surface area contributed by atoms with E-state index < -0.39 is 5.79 Å². The third-order valence-electron chi connectivity index (χ3n) is 5.09. The Bertz CT molecular complexity index is 524. The van der Waals surface area contributed by atoms with E-state index in [1.54, 1.807) is 12.7 Å². The maximum absolute atomic E-state index is 6.09. The molecule has 3 rings (SSSR count). The van der Waals surface area contributed by atoms with E-state index in [0.29, 0.717) is 0 Å². The lowest BCUT2D eigenvalue weighted by atomic mass is 9.83. The summed E-state index contributed by atoms with van der Waals surface area (Å²) < 4.78 is 23.1. The molecule has 1 heterocycles. The molecule has 3 atom stereocenters. The lowest BCUT2D eigenvalue weighted by Gasteiger charge is -2.34. The minimum absolute atomic E-state index is 0.0711. The Labute approximate surface area is 145 Å². The number of fused-ring (bicyclic) bond motifs is 1. The maximum atomic E-state index is 6.09. The Morgan fingerprint density at radius 3 is 2.62 bits per heavy atom. The first-order chi connectivity index (χ1) is 11.5. The van der Waals surface area contributed by atoms with Crippen LogP contribution >= 0.6 is 0 Å². The molecule has 1 saturated heterocycles. The molecular formula is C20H30O4. The summed E-state index contributed by atoms with van der Waals surface area (Å²) in [6, 6.07) is 0. The van der Waals surface area contributed by atoms with Crippen LogP contribution in [0, 0.1) is 0 Å². The number of rotatable bonds is 4. The van der Waals surface area contributed by atoms with Gasteiger partial charge in [0.2, 0.25) is 0 Å². The van der Waals surface area contributed by atoms with Crippen LogP contribution in [0.4, 0.5) is 0 Å². The van der Waals surface area contributed by atoms with Gasteiger partial charge in [0, 0.05) is 13.5 Å². The van der Waals surface area contributed by atoms with Gasteiger partial charge in [-0.3, -0.25) is 0 Å². The minimum atomic E-state index is -0.607. The highest BCUT2D eigenvalue weighted by atomic mass is 16.8. The van der Waals surface area contributed by atoms with Crippen LogP contribution in [0.15, 0.2) is 35.5 Å². The molecular weight excluding hydrogens is 304 g/mol. The average molecular weight is 334 g/mol. The van der Waals surface area contributed by atoms with E-state index in [-0.39, 0.29) is 25.1 Å². The van der Waals surface area contributed by atoms with Gasteiger partial charge in [0.05, 0.1) is 6.10 Å². The monoisotopic (exact) mass is 334 g/mol. The molecule has 0 aromatic rings. The van der Waals surface area contributed by atoms with Gasteiger partial charge in [0.1, 0.15) is 19.0 Å². The largest absolute Gasteiger partial charge is 0.359 e. The van der Waals surface area contributed by atoms with E-state index in [4.69, 9.17) is 18.9 Å². The van der Waals surface area contributed by atoms with Gasteiger partial charge in [-0.15, -0.1) is 0 Å². The highest BCUT2D eigenvalue weighted by Gasteiger charge is 2.50. The van der Waals surface area contributed by atoms with Crippen LogP contribution in [0.25, 0.3) is 0 Å². The van der Waals surface area contributed by atoms with Crippen molar-refractivity contribution in [3.63, 3.8) is 0 Å². The van der Waals surface area contributed by atoms with E-state index in [1.165, 1.54) is 37.7 Å². The summed E-state index contributed by atoms with van der Waals surface area (Å²) in [5.74, 6) is -0.607. The fraction of sp³-hybridized carbons (Fsp3) is 0.700. The van der Waals surface area contributed by atoms with Crippen molar-refractivity contribution < 1.29 is 18.9 Å². The standard InChI is InChI=1S/C20H30O4/c1-14-16(11-10-15-8-6-5-7-9-15)12-17(22-13-21-4)19-18(14)23-20(2,3)24-19/h10-11,17-19H,1,5-9,12-13H2,2-4H3/b16-11-/t17-,18-,19-/m1/s1. The second-order valence-electron chi connectivity index (χ2n) is 7.44. The van der Waals surface area contributed by atoms with Gasteiger partial charge in [-0.1, -0.05) is 30.7 Å². The fourth-order valence-corrected chi connectivity index (χ4v) is 3.85. The van der Waals surface area contributed by atoms with E-state index >= 15 is 0 Å². The fourth-order valence-electron chi connectivity index (χ4n) is 3.85. The van der Waals surface area contributed by atoms with Crippen LogP contribution in [0.1, 0.15) is 52.4 Å². The van der Waals surface area contributed by atoms with E-state index in [0.717, 1.165) is 12.0 Å². The molecule has 3 fully saturated rings. The molecule has 0 bridgehead atoms. The molecule has 0 radical (unpaired) electrons. The highest BCUT2D eigenvalue weighted by Crippen LogP contribution is 2.42. The molecule has 0 aromatic carbocycles. The molecule has 0 spiro atoms. The van der Waals surface area contributed by atoms with Crippen molar-refractivity contribution >= 4 is 0 Å². The quantitative estimate of drug-likeness (QED) is 0.719. The van der Waals surface area contributed by atoms with Crippen LogP contribution in [0.3, 0.4) is 0 Å². The molecule has 0 N–H and O–H groups in total. The molecule has 24 heavy (non-hydrogen) atoms. The van der Waals surface area contributed by atoms with Crippen LogP contribution in [0.2, 0.25) is 0 Å². The summed E-state index contributed by atoms with van der Waals surface area (Å²) >= 11 is 0. The normalized spacial score (nSPS) is 34.5. The number of hydrogen-bond acceptors (Lipinski definition) is 4. The minimum Gasteiger partial charge on any atom is -0.359 e. The molecule has 0 amide bonds. The molecule has 4 nitrogen and oxygen atoms in total. The second-order valence-corrected chi connectivity index (χ2v) is 7.44. The molecule has 4 heteroatoms. The smallest absolute Gasteiger partial charge is 0.164 e. The maximum Gasteiger partial charge on any atom is 0.164 e. The Morgan fingerprint density at radius 2 is 1.92 bits per heavy atom. The Morgan fingerprint density at radius 1 is 1.17 bits per heavy atom. The summed E-state index contributed by atoms with van der Waals surface area (Å²) in [7, 11) is 1.64. The molecule has 3 aliphatic rings. The number of ether oxygens (including phenoxy) is 4. The van der Waals surface area contributed by atoms with Gasteiger partial charge < -0.3 is 18.9 Å². The second kappa shape index (κ2) is 7.52. The molecule has 2 aliphatic carbocycles. The summed E-state index contributed by atoms with van der Waals surface area (Å²) in [6.45, 7) is 8.44. The van der Waals surface area contributed by atoms with Crippen LogP contribution in [-0.4, -0.2) is 38.0 Å². The van der Waals surface area contributed by atoms with Crippen LogP contribution < -0.4 is 0 Å². The van der Waals surface area contributed by atoms with Crippen molar-refractivity contribution in [3.8, 4) is 0 Å². The summed E-state index contributed by atoms with van der Waals surface area (Å²) in [5.41, 5.74) is 3.77. The average Bonchev–Trinajstić information content (AvgIpc) is 2.90. The van der Waals surface area contributed by atoms with Crippen molar-refractivity contribution in [2.75, 3.05) is 13.9 Å². The van der Waals surface area contributed by atoms with Crippen molar-refractivity contribution in [1.29, 1.82) is 0 Å². The first-order valence-corrected chi connectivity index (χ1v) is 9.04. The van der Waals surface area contributed by atoms with Crippen LogP contribution in [0.5, 0.6) is 0 Å². The Hall–Kier alpha value is -0.940. The van der Waals surface area contributed by atoms with Crippen molar-refractivity contribution in [2.45, 2.75) is 76.5 Å². The number of methoxy groups -OCH3 is 1. The van der Waals surface area contributed by atoms with Crippen molar-refractivity contribution in [1.82, 2.24) is 0 Å². The summed E-state index contributed by atoms with van der Waals surface area (Å²) in [6.07, 6.45) is 11.4. The number of hydrogen-bond donors (Lipinski definition) is 0. The van der Waals surface area contributed by atoms with Gasteiger partial charge in [0.25, 0.3) is 0 Å². The Balaban J connectivity index is 1.78. The third kappa shape index (κ3) is 3.99. The van der Waals surface area contributed by atoms with E-state index in [2.05, 4.69) is 18.7 Å². The van der Waals surface area contributed by atoms with Gasteiger partial charge in [0.15, 0.2) is 5.79 Å². The third-order valence-corrected chi connectivity index (χ3v) is 5.09. The highest BCUT2D eigenvalue weighted by molar-refractivity contribution is 5.40. The van der Waals surface area contributed by atoms with Gasteiger partial charge >= 0.3 is 0 Å². The predicted octanol–water partition coefficient (Wildman–Crippen LogP) is 4.27. The van der Waals surface area contributed by atoms with Gasteiger partial charge in [-0.2, -0.15) is 0 Å². The zero-order valence-corrected chi connectivity index (χ0v) is 15.2. The van der Waals surface area contributed by atoms with Crippen molar-refractivity contribution in [2.24, 2.45) is 0 Å². The summed E-state index contributed by atoms with van der Waals surface area (Å²) in [4.78, 5) is 0. The molecule has 2 saturated carbocycles. The molecule has 0 unspecified atom stereocenters. The predicted molar refractivity (Wildman–Crippen MR) is 93.6 cm³/mol. The molecule has 0 aromatic heterocycles. The lowest BCUT2D eigenvalue weighted by molar-refractivity contribution is -0.168. The zero-order chi connectivity index (χ0) is 17.2. The van der Waals surface area contributed by atoms with Gasteiger partial charge in [-0.05, 0) is 50.7 Å². The molecule has 134 valence electrons. The van der Waals surface area contributed by atoms with E-state index in [9.17, 15) is 0 Å². The first-order valence-electron chi connectivity index (χ1n) is 9.04. The summed E-state index contributed by atoms with van der Waals surface area (Å²) in [5, 5.41) is 0. The first kappa shape index (κ1) is 17.9. The van der Waals surface area contributed by atoms with Gasteiger partial charge in [-0.25, -0.2) is 0 Å².